The van der Waals surface area contributed by atoms with E-state index in [1.807, 2.05) is 0 Å². The van der Waals surface area contributed by atoms with Crippen LogP contribution in [0, 0.1) is 0 Å². The molecule has 0 aromatic carbocycles. The number of anilines is 2. The molecule has 0 aliphatic heterocycles. The molecule has 0 fully saturated rings. The van der Waals surface area contributed by atoms with Gasteiger partial charge in [-0.15, -0.1) is 20.4 Å². The fourth-order valence-corrected chi connectivity index (χ4v) is 2.36. The molecule has 0 spiro atoms. The smallest absolute Gasteiger partial charge is 0.207 e. The van der Waals surface area contributed by atoms with Crippen molar-refractivity contribution in [1.29, 1.82) is 0 Å². The van der Waals surface area contributed by atoms with Crippen molar-refractivity contribution in [3.63, 3.8) is 0 Å². The fraction of sp³-hybridized carbons (Fsp3) is 0.556. The molecule has 0 saturated heterocycles. The monoisotopic (exact) mass is 270 g/mol. The van der Waals surface area contributed by atoms with E-state index in [4.69, 9.17) is 0 Å². The molecule has 2 heterocycles. The summed E-state index contributed by atoms with van der Waals surface area (Å²) in [5, 5.41) is 23.8. The zero-order valence-corrected chi connectivity index (χ0v) is 11.1. The summed E-state index contributed by atoms with van der Waals surface area (Å²) in [7, 11) is 0. The molecule has 2 N–H and O–H groups in total. The van der Waals surface area contributed by atoms with Gasteiger partial charge in [-0.25, -0.2) is 0 Å². The molecule has 2 aromatic rings. The summed E-state index contributed by atoms with van der Waals surface area (Å²) < 4.78 is 0. The van der Waals surface area contributed by atoms with Crippen LogP contribution in [0.3, 0.4) is 0 Å². The van der Waals surface area contributed by atoms with Gasteiger partial charge in [0.1, 0.15) is 17.2 Å². The maximum Gasteiger partial charge on any atom is 0.207 e. The second-order valence-electron chi connectivity index (χ2n) is 3.47. The molecule has 6 nitrogen and oxygen atoms in total. The molecule has 0 saturated carbocycles. The molecular formula is C9H14N6S2. The van der Waals surface area contributed by atoms with Gasteiger partial charge in [-0.3, -0.25) is 0 Å². The van der Waals surface area contributed by atoms with Crippen LogP contribution in [-0.2, 0) is 0 Å². The Labute approximate surface area is 108 Å². The molecule has 0 amide bonds. The fourth-order valence-electron chi connectivity index (χ4n) is 1.36. The molecule has 17 heavy (non-hydrogen) atoms. The first kappa shape index (κ1) is 12.2. The van der Waals surface area contributed by atoms with Crippen molar-refractivity contribution in [2.24, 2.45) is 0 Å². The summed E-state index contributed by atoms with van der Waals surface area (Å²) in [5.41, 5.74) is 3.42. The highest BCUT2D eigenvalue weighted by molar-refractivity contribution is 7.13. The highest BCUT2D eigenvalue weighted by Crippen LogP contribution is 2.16. The predicted octanol–water partition coefficient (Wildman–Crippen LogP) is 2.43. The Morgan fingerprint density at radius 3 is 2.12 bits per heavy atom. The second-order valence-corrected chi connectivity index (χ2v) is 5.14. The van der Waals surface area contributed by atoms with E-state index in [-0.39, 0.29) is 6.17 Å². The van der Waals surface area contributed by atoms with Gasteiger partial charge < -0.3 is 10.6 Å². The minimum Gasteiger partial charge on any atom is -0.340 e. The van der Waals surface area contributed by atoms with Crippen LogP contribution in [0.5, 0.6) is 0 Å². The van der Waals surface area contributed by atoms with Gasteiger partial charge in [0.2, 0.25) is 10.3 Å². The van der Waals surface area contributed by atoms with Crippen LogP contribution in [-0.4, -0.2) is 26.6 Å². The first-order chi connectivity index (χ1) is 8.38. The van der Waals surface area contributed by atoms with E-state index in [1.165, 1.54) is 22.7 Å². The normalized spacial score (nSPS) is 10.7. The molecule has 0 unspecified atom stereocenters. The molecular weight excluding hydrogens is 256 g/mol. The minimum absolute atomic E-state index is 0.121. The van der Waals surface area contributed by atoms with Gasteiger partial charge in [0, 0.05) is 0 Å². The van der Waals surface area contributed by atoms with Gasteiger partial charge in [0.15, 0.2) is 0 Å². The van der Waals surface area contributed by atoms with E-state index in [1.54, 1.807) is 11.0 Å². The van der Waals surface area contributed by atoms with Crippen molar-refractivity contribution < 1.29 is 0 Å². The van der Waals surface area contributed by atoms with Crippen molar-refractivity contribution in [1.82, 2.24) is 20.4 Å². The number of hydrogen-bond donors (Lipinski definition) is 2. The summed E-state index contributed by atoms with van der Waals surface area (Å²) in [4.78, 5) is 0. The highest BCUT2D eigenvalue weighted by Gasteiger charge is 2.10. The third-order valence-electron chi connectivity index (χ3n) is 2.16. The van der Waals surface area contributed by atoms with Crippen molar-refractivity contribution in [3.8, 4) is 0 Å². The Hall–Kier alpha value is -1.28. The van der Waals surface area contributed by atoms with E-state index < -0.39 is 0 Å². The Bertz CT molecular complexity index is 365. The number of nitrogens with zero attached hydrogens (tertiary/aromatic N) is 4. The highest BCUT2D eigenvalue weighted by atomic mass is 32.1. The lowest BCUT2D eigenvalue weighted by Crippen LogP contribution is -2.28. The predicted molar refractivity (Wildman–Crippen MR) is 70.4 cm³/mol. The Balaban J connectivity index is 1.92. The first-order valence-corrected chi connectivity index (χ1v) is 7.20. The average Bonchev–Trinajstić information content (AvgIpc) is 2.99. The molecule has 0 atom stereocenters. The zero-order chi connectivity index (χ0) is 11.9. The Morgan fingerprint density at radius 1 is 1.12 bits per heavy atom. The molecule has 8 heteroatoms. The summed E-state index contributed by atoms with van der Waals surface area (Å²) >= 11 is 2.98. The Morgan fingerprint density at radius 2 is 1.71 bits per heavy atom. The van der Waals surface area contributed by atoms with Crippen LogP contribution >= 0.6 is 22.7 Å². The lowest BCUT2D eigenvalue weighted by molar-refractivity contribution is 0.652. The van der Waals surface area contributed by atoms with Gasteiger partial charge in [0.05, 0.1) is 0 Å². The maximum atomic E-state index is 3.98. The van der Waals surface area contributed by atoms with Crippen molar-refractivity contribution in [2.75, 3.05) is 10.6 Å². The third kappa shape index (κ3) is 3.90. The quantitative estimate of drug-likeness (QED) is 0.753. The van der Waals surface area contributed by atoms with E-state index in [9.17, 15) is 0 Å². The van der Waals surface area contributed by atoms with Crippen LogP contribution < -0.4 is 10.6 Å². The molecule has 0 aliphatic rings. The van der Waals surface area contributed by atoms with Crippen LogP contribution in [0.15, 0.2) is 11.0 Å². The van der Waals surface area contributed by atoms with Crippen molar-refractivity contribution in [3.05, 3.63) is 11.0 Å². The summed E-state index contributed by atoms with van der Waals surface area (Å²) in [6.07, 6.45) is 3.43. The van der Waals surface area contributed by atoms with Crippen LogP contribution in [0.1, 0.15) is 26.2 Å². The number of hydrogen-bond acceptors (Lipinski definition) is 8. The zero-order valence-electron chi connectivity index (χ0n) is 9.46. The van der Waals surface area contributed by atoms with E-state index in [0.717, 1.165) is 29.5 Å². The number of rotatable bonds is 7. The Kier molecular flexibility index (Phi) is 4.63. The van der Waals surface area contributed by atoms with Gasteiger partial charge in [0.25, 0.3) is 0 Å². The standard InChI is InChI=1S/C9H14N6S2/c1-2-3-4-7(12-8-14-10-5-16-8)13-9-15-11-6-17-9/h5-7H,2-4H2,1H3,(H,12,14)(H,13,15). The van der Waals surface area contributed by atoms with E-state index >= 15 is 0 Å². The molecule has 0 bridgehead atoms. The number of unbranched alkanes of at least 4 members (excludes halogenated alkanes) is 1. The second kappa shape index (κ2) is 6.45. The lowest BCUT2D eigenvalue weighted by Gasteiger charge is -2.18. The van der Waals surface area contributed by atoms with E-state index in [0.29, 0.717) is 0 Å². The maximum absolute atomic E-state index is 3.98. The molecule has 2 rings (SSSR count). The average molecular weight is 270 g/mol. The first-order valence-electron chi connectivity index (χ1n) is 5.44. The summed E-state index contributed by atoms with van der Waals surface area (Å²) in [5.74, 6) is 0. The number of aromatic nitrogens is 4. The van der Waals surface area contributed by atoms with Crippen molar-refractivity contribution >= 4 is 32.9 Å². The third-order valence-corrected chi connectivity index (χ3v) is 3.41. The summed E-state index contributed by atoms with van der Waals surface area (Å²) in [6.45, 7) is 2.17. The van der Waals surface area contributed by atoms with Gasteiger partial charge in [-0.1, -0.05) is 36.0 Å². The summed E-state index contributed by atoms with van der Waals surface area (Å²) in [6, 6.07) is 0. The van der Waals surface area contributed by atoms with E-state index in [2.05, 4.69) is 38.0 Å². The largest absolute Gasteiger partial charge is 0.340 e. The van der Waals surface area contributed by atoms with Gasteiger partial charge in [-0.05, 0) is 12.8 Å². The molecule has 0 radical (unpaired) electrons. The van der Waals surface area contributed by atoms with Crippen LogP contribution in [0.2, 0.25) is 0 Å². The molecule has 92 valence electrons. The van der Waals surface area contributed by atoms with Crippen molar-refractivity contribution in [2.45, 2.75) is 32.4 Å². The molecule has 2 aromatic heterocycles. The number of nitrogens with one attached hydrogen (secondary N) is 2. The van der Waals surface area contributed by atoms with Gasteiger partial charge >= 0.3 is 0 Å². The minimum atomic E-state index is 0.121. The van der Waals surface area contributed by atoms with Crippen LogP contribution in [0.25, 0.3) is 0 Å². The SMILES string of the molecule is CCCCC(Nc1nncs1)Nc1nncs1. The topological polar surface area (TPSA) is 75.6 Å². The van der Waals surface area contributed by atoms with Gasteiger partial charge in [-0.2, -0.15) is 0 Å². The lowest BCUT2D eigenvalue weighted by atomic mass is 10.2. The van der Waals surface area contributed by atoms with Crippen LogP contribution in [0.4, 0.5) is 10.3 Å². The molecule has 0 aliphatic carbocycles.